The van der Waals surface area contributed by atoms with E-state index in [4.69, 9.17) is 12.2 Å². The summed E-state index contributed by atoms with van der Waals surface area (Å²) < 4.78 is 50.9. The van der Waals surface area contributed by atoms with Gasteiger partial charge in [0.1, 0.15) is 5.82 Å². The second kappa shape index (κ2) is 5.28. The van der Waals surface area contributed by atoms with E-state index < -0.39 is 23.3 Å². The molecular formula is C14H8F4OS. The maximum atomic E-state index is 13.2. The van der Waals surface area contributed by atoms with Gasteiger partial charge in [-0.05, 0) is 24.3 Å². The average molecular weight is 300 g/mol. The number of hydrogen-bond acceptors (Lipinski definition) is 2. The Kier molecular flexibility index (Phi) is 3.85. The van der Waals surface area contributed by atoms with Gasteiger partial charge in [-0.15, -0.1) is 0 Å². The Bertz CT molecular complexity index is 641. The van der Waals surface area contributed by atoms with Gasteiger partial charge < -0.3 is 0 Å². The van der Waals surface area contributed by atoms with Crippen LogP contribution in [0.1, 0.15) is 22.3 Å². The zero-order valence-corrected chi connectivity index (χ0v) is 10.8. The van der Waals surface area contributed by atoms with Gasteiger partial charge in [0.25, 0.3) is 0 Å². The number of Topliss-reactive ketones (excluding diaryl/α,β-unsaturated/α-hetero) is 1. The molecule has 1 aromatic carbocycles. The van der Waals surface area contributed by atoms with Crippen molar-refractivity contribution in [3.63, 3.8) is 0 Å². The molecule has 0 aliphatic heterocycles. The Morgan fingerprint density at radius 3 is 2.55 bits per heavy atom. The van der Waals surface area contributed by atoms with E-state index in [2.05, 4.69) is 0 Å². The number of rotatable bonds is 2. The van der Waals surface area contributed by atoms with Crippen LogP contribution in [-0.4, -0.2) is 10.6 Å². The van der Waals surface area contributed by atoms with E-state index in [1.165, 1.54) is 12.2 Å². The molecule has 0 saturated carbocycles. The van der Waals surface area contributed by atoms with Crippen LogP contribution in [0.15, 0.2) is 42.0 Å². The highest BCUT2D eigenvalue weighted by Gasteiger charge is 2.34. The molecule has 0 unspecified atom stereocenters. The Balaban J connectivity index is 2.42. The second-order valence-electron chi connectivity index (χ2n) is 4.19. The molecule has 0 N–H and O–H groups in total. The number of allylic oxidation sites excluding steroid dienone is 4. The molecule has 1 aliphatic rings. The molecule has 1 aromatic rings. The number of hydrogen-bond donors (Lipinski definition) is 0. The van der Waals surface area contributed by atoms with Gasteiger partial charge >= 0.3 is 6.18 Å². The summed E-state index contributed by atoms with van der Waals surface area (Å²) in [5.41, 5.74) is -1.48. The highest BCUT2D eigenvalue weighted by Crippen LogP contribution is 2.32. The van der Waals surface area contributed by atoms with Crippen LogP contribution in [0, 0.1) is 5.82 Å². The van der Waals surface area contributed by atoms with Crippen LogP contribution >= 0.6 is 12.2 Å². The number of benzene rings is 1. The van der Waals surface area contributed by atoms with Crippen molar-refractivity contribution < 1.29 is 22.4 Å². The standard InChI is InChI=1S/C14H8F4OS/c15-12-5-4-9(7-11(12)14(16,17)18)13(19)8-2-1-3-10(20)6-8/h1-2,4-7H,3H2. The summed E-state index contributed by atoms with van der Waals surface area (Å²) in [5.74, 6) is -2.02. The Hall–Kier alpha value is -1.82. The molecule has 0 atom stereocenters. The van der Waals surface area contributed by atoms with E-state index >= 15 is 0 Å². The minimum Gasteiger partial charge on any atom is -0.289 e. The SMILES string of the molecule is O=C(C1=CC(=S)CC=C1)c1ccc(F)c(C(F)(F)F)c1. The number of halogens is 4. The van der Waals surface area contributed by atoms with E-state index in [-0.39, 0.29) is 11.1 Å². The zero-order valence-electron chi connectivity index (χ0n) is 10.00. The van der Waals surface area contributed by atoms with Crippen molar-refractivity contribution >= 4 is 22.9 Å². The van der Waals surface area contributed by atoms with Gasteiger partial charge in [-0.1, -0.05) is 24.4 Å². The highest BCUT2D eigenvalue weighted by molar-refractivity contribution is 7.80. The number of ketones is 1. The van der Waals surface area contributed by atoms with Crippen LogP contribution in [0.2, 0.25) is 0 Å². The molecule has 0 saturated heterocycles. The van der Waals surface area contributed by atoms with Crippen LogP contribution in [0.25, 0.3) is 0 Å². The predicted octanol–water partition coefficient (Wildman–Crippen LogP) is 4.28. The van der Waals surface area contributed by atoms with E-state index in [1.807, 2.05) is 0 Å². The first kappa shape index (κ1) is 14.6. The highest BCUT2D eigenvalue weighted by atomic mass is 32.1. The molecule has 0 aromatic heterocycles. The third-order valence-electron chi connectivity index (χ3n) is 2.73. The Morgan fingerprint density at radius 1 is 1.25 bits per heavy atom. The smallest absolute Gasteiger partial charge is 0.289 e. The molecule has 1 aliphatic carbocycles. The lowest BCUT2D eigenvalue weighted by Crippen LogP contribution is -2.12. The van der Waals surface area contributed by atoms with Gasteiger partial charge in [0, 0.05) is 22.4 Å². The first-order chi connectivity index (χ1) is 9.29. The first-order valence-electron chi connectivity index (χ1n) is 5.61. The summed E-state index contributed by atoms with van der Waals surface area (Å²) in [6.45, 7) is 0. The van der Waals surface area contributed by atoms with Gasteiger partial charge in [-0.3, -0.25) is 4.79 Å². The topological polar surface area (TPSA) is 17.1 Å². The van der Waals surface area contributed by atoms with Crippen LogP contribution < -0.4 is 0 Å². The molecule has 104 valence electrons. The maximum absolute atomic E-state index is 13.2. The van der Waals surface area contributed by atoms with E-state index in [9.17, 15) is 22.4 Å². The van der Waals surface area contributed by atoms with E-state index in [1.54, 1.807) is 6.08 Å². The molecule has 2 rings (SSSR count). The third kappa shape index (κ3) is 3.01. The summed E-state index contributed by atoms with van der Waals surface area (Å²) in [7, 11) is 0. The molecule has 0 spiro atoms. The van der Waals surface area contributed by atoms with Crippen molar-refractivity contribution in [1.29, 1.82) is 0 Å². The second-order valence-corrected chi connectivity index (χ2v) is 4.72. The molecular weight excluding hydrogens is 292 g/mol. The molecule has 1 nitrogen and oxygen atoms in total. The van der Waals surface area contributed by atoms with E-state index in [0.717, 1.165) is 6.07 Å². The van der Waals surface area contributed by atoms with Crippen molar-refractivity contribution in [2.45, 2.75) is 12.6 Å². The van der Waals surface area contributed by atoms with Crippen LogP contribution in [0.3, 0.4) is 0 Å². The van der Waals surface area contributed by atoms with Crippen molar-refractivity contribution in [2.75, 3.05) is 0 Å². The summed E-state index contributed by atoms with van der Waals surface area (Å²) in [5, 5.41) is 0. The maximum Gasteiger partial charge on any atom is 0.419 e. The summed E-state index contributed by atoms with van der Waals surface area (Å²) in [6.07, 6.45) is 0.266. The average Bonchev–Trinajstić information content (AvgIpc) is 2.37. The van der Waals surface area contributed by atoms with Gasteiger partial charge in [0.15, 0.2) is 5.78 Å². The zero-order chi connectivity index (χ0) is 14.9. The number of alkyl halides is 3. The van der Waals surface area contributed by atoms with Crippen LogP contribution in [0.4, 0.5) is 17.6 Å². The number of carbonyl (C=O) groups is 1. The van der Waals surface area contributed by atoms with E-state index in [0.29, 0.717) is 23.4 Å². The minimum absolute atomic E-state index is 0.195. The molecule has 0 bridgehead atoms. The molecule has 0 fully saturated rings. The molecule has 0 amide bonds. The van der Waals surface area contributed by atoms with Crippen molar-refractivity contribution in [3.05, 3.63) is 58.9 Å². The molecule has 20 heavy (non-hydrogen) atoms. The summed E-state index contributed by atoms with van der Waals surface area (Å²) >= 11 is 4.94. The third-order valence-corrected chi connectivity index (χ3v) is 3.01. The summed E-state index contributed by atoms with van der Waals surface area (Å²) in [6, 6.07) is 2.19. The fourth-order valence-corrected chi connectivity index (χ4v) is 2.00. The van der Waals surface area contributed by atoms with Gasteiger partial charge in [0.05, 0.1) is 5.56 Å². The lowest BCUT2D eigenvalue weighted by Gasteiger charge is -2.11. The Labute approximate surface area is 117 Å². The molecule has 0 radical (unpaired) electrons. The molecule has 0 heterocycles. The quantitative estimate of drug-likeness (QED) is 0.460. The van der Waals surface area contributed by atoms with Gasteiger partial charge in [0.2, 0.25) is 0 Å². The van der Waals surface area contributed by atoms with Crippen molar-refractivity contribution in [2.24, 2.45) is 0 Å². The fourth-order valence-electron chi connectivity index (χ4n) is 1.77. The number of carbonyl (C=O) groups excluding carboxylic acids is 1. The van der Waals surface area contributed by atoms with Crippen molar-refractivity contribution in [1.82, 2.24) is 0 Å². The normalized spacial score (nSPS) is 15.2. The molecule has 6 heteroatoms. The lowest BCUT2D eigenvalue weighted by atomic mass is 9.97. The summed E-state index contributed by atoms with van der Waals surface area (Å²) in [4.78, 5) is 12.6. The monoisotopic (exact) mass is 300 g/mol. The van der Waals surface area contributed by atoms with Gasteiger partial charge in [-0.2, -0.15) is 13.2 Å². The largest absolute Gasteiger partial charge is 0.419 e. The lowest BCUT2D eigenvalue weighted by molar-refractivity contribution is -0.140. The Morgan fingerprint density at radius 2 is 1.95 bits per heavy atom. The minimum atomic E-state index is -4.84. The first-order valence-corrected chi connectivity index (χ1v) is 6.02. The fraction of sp³-hybridized carbons (Fsp3) is 0.143. The van der Waals surface area contributed by atoms with Gasteiger partial charge in [-0.25, -0.2) is 4.39 Å². The predicted molar refractivity (Wildman–Crippen MR) is 70.2 cm³/mol. The number of thiocarbonyl (C=S) groups is 1. The van der Waals surface area contributed by atoms with Crippen LogP contribution in [0.5, 0.6) is 0 Å². The van der Waals surface area contributed by atoms with Crippen LogP contribution in [-0.2, 0) is 6.18 Å². The van der Waals surface area contributed by atoms with Crippen molar-refractivity contribution in [3.8, 4) is 0 Å².